The Labute approximate surface area is 227 Å². The van der Waals surface area contributed by atoms with E-state index in [1.807, 2.05) is 35.2 Å². The van der Waals surface area contributed by atoms with Gasteiger partial charge in [-0.1, -0.05) is 61.9 Å². The van der Waals surface area contributed by atoms with Crippen molar-refractivity contribution >= 4 is 39.3 Å². The molecule has 0 unspecified atom stereocenters. The van der Waals surface area contributed by atoms with Gasteiger partial charge >= 0.3 is 16.4 Å². The number of alkyl carbamates (subject to hydrolysis) is 1. The molecule has 1 heterocycles. The second kappa shape index (κ2) is 15.1. The van der Waals surface area contributed by atoms with E-state index in [4.69, 9.17) is 4.55 Å². The van der Waals surface area contributed by atoms with E-state index in [0.29, 0.717) is 18.5 Å². The molecule has 10 nitrogen and oxygen atoms in total. The van der Waals surface area contributed by atoms with Crippen LogP contribution in [0.15, 0.2) is 60.0 Å². The van der Waals surface area contributed by atoms with Crippen molar-refractivity contribution < 1.29 is 27.3 Å². The van der Waals surface area contributed by atoms with Crippen LogP contribution in [0.2, 0.25) is 0 Å². The number of rotatable bonds is 10. The van der Waals surface area contributed by atoms with E-state index in [2.05, 4.69) is 39.4 Å². The highest BCUT2D eigenvalue weighted by Crippen LogP contribution is 2.23. The molecule has 2 aromatic carbocycles. The van der Waals surface area contributed by atoms with E-state index in [1.54, 1.807) is 19.1 Å². The number of nitrogens with zero attached hydrogens (tertiary/aromatic N) is 1. The number of hydrogen-bond donors (Lipinski definition) is 4. The molecule has 0 fully saturated rings. The van der Waals surface area contributed by atoms with Crippen LogP contribution in [0.3, 0.4) is 0 Å². The second-order valence-electron chi connectivity index (χ2n) is 8.31. The van der Waals surface area contributed by atoms with Crippen molar-refractivity contribution in [2.45, 2.75) is 52.1 Å². The molecule has 0 spiro atoms. The lowest BCUT2D eigenvalue weighted by molar-refractivity contribution is -0.123. The maximum atomic E-state index is 12.8. The molecular formula is C26H34N4O6S2. The van der Waals surface area contributed by atoms with Crippen LogP contribution >= 0.6 is 11.3 Å². The van der Waals surface area contributed by atoms with E-state index < -0.39 is 28.5 Å². The van der Waals surface area contributed by atoms with Crippen molar-refractivity contribution in [3.63, 3.8) is 0 Å². The molecule has 1 aromatic heterocycles. The van der Waals surface area contributed by atoms with Crippen molar-refractivity contribution in [2.75, 3.05) is 11.8 Å². The first kappa shape index (κ1) is 30.7. The second-order valence-corrected chi connectivity index (χ2v) is 10.4. The first-order valence-corrected chi connectivity index (χ1v) is 14.3. The van der Waals surface area contributed by atoms with Crippen molar-refractivity contribution in [3.8, 4) is 0 Å². The van der Waals surface area contributed by atoms with Gasteiger partial charge in [-0.25, -0.2) is 9.78 Å². The summed E-state index contributed by atoms with van der Waals surface area (Å²) in [6, 6.07) is 15.4. The number of carbonyl (C=O) groups excluding carboxylic acids is 2. The van der Waals surface area contributed by atoms with Gasteiger partial charge in [-0.3, -0.25) is 14.1 Å². The van der Waals surface area contributed by atoms with Gasteiger partial charge in [-0.2, -0.15) is 8.42 Å². The molecule has 0 aliphatic carbocycles. The van der Waals surface area contributed by atoms with Crippen LogP contribution in [-0.4, -0.2) is 43.1 Å². The monoisotopic (exact) mass is 562 g/mol. The molecule has 38 heavy (non-hydrogen) atoms. The van der Waals surface area contributed by atoms with Crippen LogP contribution < -0.4 is 15.4 Å². The summed E-state index contributed by atoms with van der Waals surface area (Å²) in [4.78, 5) is 28.9. The van der Waals surface area contributed by atoms with E-state index in [1.165, 1.54) is 36.1 Å². The van der Waals surface area contributed by atoms with E-state index in [-0.39, 0.29) is 11.6 Å². The number of carbonyl (C=O) groups is 2. The van der Waals surface area contributed by atoms with Gasteiger partial charge in [0.15, 0.2) is 0 Å². The number of amides is 2. The zero-order chi connectivity index (χ0) is 28.1. The Morgan fingerprint density at radius 2 is 1.71 bits per heavy atom. The Bertz CT molecular complexity index is 1260. The number of hydrogen-bond acceptors (Lipinski definition) is 7. The lowest BCUT2D eigenvalue weighted by atomic mass is 10.0. The fourth-order valence-corrected chi connectivity index (χ4v) is 4.56. The SMILES string of the molecule is CCc1nc([C@H](Cc2ccc(NS(=O)(=O)O)cc2)NC(=O)[C@H](CC)NC(=O)OC)cs1.Cc1ccccc1. The topological polar surface area (TPSA) is 147 Å². The lowest BCUT2D eigenvalue weighted by Gasteiger charge is -2.22. The Hall–Kier alpha value is -3.48. The Kier molecular flexibility index (Phi) is 12.2. The number of ether oxygens (including phenoxy) is 1. The van der Waals surface area contributed by atoms with Crippen LogP contribution in [0.1, 0.15) is 48.1 Å². The van der Waals surface area contributed by atoms with Crippen LogP contribution in [0.25, 0.3) is 0 Å². The van der Waals surface area contributed by atoms with Gasteiger partial charge in [0.25, 0.3) is 0 Å². The van der Waals surface area contributed by atoms with Gasteiger partial charge in [0.05, 0.1) is 29.5 Å². The molecule has 0 aliphatic rings. The predicted octanol–water partition coefficient (Wildman–Crippen LogP) is 4.45. The molecule has 0 aliphatic heterocycles. The zero-order valence-corrected chi connectivity index (χ0v) is 23.4. The third-order valence-electron chi connectivity index (χ3n) is 5.33. The molecule has 206 valence electrons. The normalized spacial score (nSPS) is 12.3. The largest absolute Gasteiger partial charge is 0.453 e. The molecule has 0 bridgehead atoms. The number of nitrogens with one attached hydrogen (secondary N) is 3. The van der Waals surface area contributed by atoms with Gasteiger partial charge < -0.3 is 15.4 Å². The van der Waals surface area contributed by atoms with Gasteiger partial charge in [-0.05, 0) is 43.9 Å². The molecule has 4 N–H and O–H groups in total. The summed E-state index contributed by atoms with van der Waals surface area (Å²) < 4.78 is 37.3. The predicted molar refractivity (Wildman–Crippen MR) is 148 cm³/mol. The van der Waals surface area contributed by atoms with E-state index >= 15 is 0 Å². The van der Waals surface area contributed by atoms with Gasteiger partial charge in [0.1, 0.15) is 6.04 Å². The van der Waals surface area contributed by atoms with E-state index in [0.717, 1.165) is 17.0 Å². The number of anilines is 1. The molecule has 0 saturated heterocycles. The highest BCUT2D eigenvalue weighted by atomic mass is 32.2. The average Bonchev–Trinajstić information content (AvgIpc) is 3.37. The van der Waals surface area contributed by atoms with Crippen LogP contribution in [0.5, 0.6) is 0 Å². The number of thiazole rings is 1. The minimum absolute atomic E-state index is 0.210. The number of aryl methyl sites for hydroxylation is 2. The molecule has 0 saturated carbocycles. The van der Waals surface area contributed by atoms with Crippen molar-refractivity contribution in [1.82, 2.24) is 15.6 Å². The molecule has 3 rings (SSSR count). The molecular weight excluding hydrogens is 528 g/mol. The summed E-state index contributed by atoms with van der Waals surface area (Å²) in [5.74, 6) is -0.367. The molecule has 12 heteroatoms. The average molecular weight is 563 g/mol. The number of benzene rings is 2. The number of methoxy groups -OCH3 is 1. The Morgan fingerprint density at radius 3 is 2.18 bits per heavy atom. The minimum atomic E-state index is -4.36. The van der Waals surface area contributed by atoms with Crippen LogP contribution in [0, 0.1) is 6.92 Å². The summed E-state index contributed by atoms with van der Waals surface area (Å²) in [6.07, 6.45) is 0.839. The van der Waals surface area contributed by atoms with Crippen molar-refractivity contribution in [2.24, 2.45) is 0 Å². The molecule has 0 radical (unpaired) electrons. The zero-order valence-electron chi connectivity index (χ0n) is 21.8. The Morgan fingerprint density at radius 1 is 1.05 bits per heavy atom. The van der Waals surface area contributed by atoms with Gasteiger partial charge in [-0.15, -0.1) is 11.3 Å². The third-order valence-corrected chi connectivity index (χ3v) is 6.83. The van der Waals surface area contributed by atoms with Crippen LogP contribution in [0.4, 0.5) is 10.5 Å². The molecule has 3 aromatic rings. The van der Waals surface area contributed by atoms with Gasteiger partial charge in [0.2, 0.25) is 5.91 Å². The Balaban J connectivity index is 0.000000624. The molecule has 2 amide bonds. The smallest absolute Gasteiger partial charge is 0.407 e. The summed E-state index contributed by atoms with van der Waals surface area (Å²) >= 11 is 1.50. The summed E-state index contributed by atoms with van der Waals surface area (Å²) in [6.45, 7) is 5.85. The number of aromatic nitrogens is 1. The van der Waals surface area contributed by atoms with E-state index in [9.17, 15) is 18.0 Å². The fourth-order valence-electron chi connectivity index (χ4n) is 3.33. The van der Waals surface area contributed by atoms with Crippen molar-refractivity contribution in [1.29, 1.82) is 0 Å². The standard InChI is InChI=1S/C19H26N4O6S2.C7H8/c1-4-14(22-19(25)29-3)18(24)21-15(16-11-30-17(5-2)20-16)10-12-6-8-13(9-7-12)23-31(26,27)28;1-7-5-3-2-4-6-7/h6-9,11,14-15,23H,4-5,10H2,1-3H3,(H,21,24)(H,22,25)(H,26,27,28);2-6H,1H3/t14-,15-;/m0./s1. The maximum absolute atomic E-state index is 12.8. The highest BCUT2D eigenvalue weighted by molar-refractivity contribution is 7.87. The first-order chi connectivity index (χ1) is 18.0. The minimum Gasteiger partial charge on any atom is -0.453 e. The molecule has 2 atom stereocenters. The van der Waals surface area contributed by atoms with Gasteiger partial charge in [0, 0.05) is 5.38 Å². The first-order valence-electron chi connectivity index (χ1n) is 12.0. The highest BCUT2D eigenvalue weighted by Gasteiger charge is 2.24. The summed E-state index contributed by atoms with van der Waals surface area (Å²) in [7, 11) is -3.13. The summed E-state index contributed by atoms with van der Waals surface area (Å²) in [5.41, 5.74) is 3.04. The maximum Gasteiger partial charge on any atom is 0.407 e. The third kappa shape index (κ3) is 10.9. The summed E-state index contributed by atoms with van der Waals surface area (Å²) in [5, 5.41) is 8.25. The van der Waals surface area contributed by atoms with Crippen LogP contribution in [-0.2, 0) is 32.7 Å². The van der Waals surface area contributed by atoms with Crippen molar-refractivity contribution in [3.05, 3.63) is 81.8 Å². The lowest BCUT2D eigenvalue weighted by Crippen LogP contribution is -2.47. The quantitative estimate of drug-likeness (QED) is 0.267. The fraction of sp³-hybridized carbons (Fsp3) is 0.346.